The number of fused-ring (bicyclic) bond motifs is 1. The van der Waals surface area contributed by atoms with Crippen molar-refractivity contribution in [3.8, 4) is 34.6 Å². The van der Waals surface area contributed by atoms with E-state index in [1.54, 1.807) is 45.1 Å². The van der Waals surface area contributed by atoms with Crippen molar-refractivity contribution in [3.63, 3.8) is 0 Å². The molecular weight excluding hydrogens is 430 g/mol. The molecule has 0 aliphatic heterocycles. The van der Waals surface area contributed by atoms with Gasteiger partial charge in [-0.2, -0.15) is 5.10 Å². The number of hydrogen-bond acceptors (Lipinski definition) is 7. The lowest BCUT2D eigenvalue weighted by atomic mass is 10.1. The molecule has 2 aromatic carbocycles. The first kappa shape index (κ1) is 23.1. The van der Waals surface area contributed by atoms with E-state index in [2.05, 4.69) is 21.9 Å². The summed E-state index contributed by atoms with van der Waals surface area (Å²) in [6, 6.07) is 11.5. The second kappa shape index (κ2) is 9.41. The first-order chi connectivity index (χ1) is 16.3. The van der Waals surface area contributed by atoms with Gasteiger partial charge >= 0.3 is 0 Å². The predicted molar refractivity (Wildman–Crippen MR) is 132 cm³/mol. The first-order valence-electron chi connectivity index (χ1n) is 10.7. The van der Waals surface area contributed by atoms with Gasteiger partial charge in [-0.15, -0.1) is 0 Å². The number of aromatic nitrogens is 4. The van der Waals surface area contributed by atoms with Crippen molar-refractivity contribution < 1.29 is 14.6 Å². The quantitative estimate of drug-likeness (QED) is 0.439. The van der Waals surface area contributed by atoms with E-state index in [0.717, 1.165) is 33.7 Å². The summed E-state index contributed by atoms with van der Waals surface area (Å²) in [5.41, 5.74) is 3.77. The Bertz CT molecular complexity index is 1360. The molecule has 4 aromatic rings. The Kier molecular flexibility index (Phi) is 6.39. The van der Waals surface area contributed by atoms with Crippen LogP contribution in [0.15, 0.2) is 55.0 Å². The van der Waals surface area contributed by atoms with Gasteiger partial charge in [0, 0.05) is 48.4 Å². The van der Waals surface area contributed by atoms with Crippen LogP contribution in [0, 0.1) is 11.8 Å². The fraction of sp³-hybridized carbons (Fsp3) is 0.269. The summed E-state index contributed by atoms with van der Waals surface area (Å²) >= 11 is 0. The van der Waals surface area contributed by atoms with E-state index in [-0.39, 0.29) is 0 Å². The SMILES string of the molecule is COc1cc(OC)cc(N(CC#CC(C)(C)O)c2ccc3ncc(-c4cnn(C)c4)nc3c2)c1. The Balaban J connectivity index is 1.81. The normalized spacial score (nSPS) is 11.1. The number of ether oxygens (including phenoxy) is 2. The Labute approximate surface area is 198 Å². The van der Waals surface area contributed by atoms with Gasteiger partial charge < -0.3 is 19.5 Å². The maximum atomic E-state index is 10.1. The molecule has 0 saturated carbocycles. The van der Waals surface area contributed by atoms with Crippen LogP contribution in [-0.2, 0) is 7.05 Å². The van der Waals surface area contributed by atoms with Crippen LogP contribution < -0.4 is 14.4 Å². The lowest BCUT2D eigenvalue weighted by Crippen LogP contribution is -2.20. The molecular formula is C26H27N5O3. The largest absolute Gasteiger partial charge is 0.497 e. The zero-order valence-electron chi connectivity index (χ0n) is 19.9. The molecule has 0 atom stereocenters. The Morgan fingerprint density at radius 1 is 1.00 bits per heavy atom. The molecule has 0 spiro atoms. The van der Waals surface area contributed by atoms with Crippen molar-refractivity contribution in [3.05, 3.63) is 55.0 Å². The van der Waals surface area contributed by atoms with E-state index in [1.165, 1.54) is 0 Å². The smallest absolute Gasteiger partial charge is 0.124 e. The molecule has 0 aliphatic rings. The van der Waals surface area contributed by atoms with Gasteiger partial charge in [-0.3, -0.25) is 9.67 Å². The van der Waals surface area contributed by atoms with E-state index in [9.17, 15) is 5.11 Å². The first-order valence-corrected chi connectivity index (χ1v) is 10.7. The van der Waals surface area contributed by atoms with Crippen molar-refractivity contribution in [1.29, 1.82) is 0 Å². The molecule has 0 fully saturated rings. The monoisotopic (exact) mass is 457 g/mol. The van der Waals surface area contributed by atoms with Crippen molar-refractivity contribution in [2.24, 2.45) is 7.05 Å². The summed E-state index contributed by atoms with van der Waals surface area (Å²) in [5.74, 6) is 7.29. The topological polar surface area (TPSA) is 85.5 Å². The molecule has 8 heteroatoms. The van der Waals surface area contributed by atoms with Gasteiger partial charge in [-0.05, 0) is 32.0 Å². The van der Waals surface area contributed by atoms with E-state index in [4.69, 9.17) is 14.5 Å². The average Bonchev–Trinajstić information content (AvgIpc) is 3.26. The van der Waals surface area contributed by atoms with Crippen molar-refractivity contribution >= 4 is 22.4 Å². The highest BCUT2D eigenvalue weighted by Gasteiger charge is 2.14. The van der Waals surface area contributed by atoms with Gasteiger partial charge in [0.1, 0.15) is 17.1 Å². The second-order valence-electron chi connectivity index (χ2n) is 8.35. The van der Waals surface area contributed by atoms with E-state index >= 15 is 0 Å². The van der Waals surface area contributed by atoms with Gasteiger partial charge in [0.15, 0.2) is 0 Å². The van der Waals surface area contributed by atoms with Crippen LogP contribution in [0.25, 0.3) is 22.3 Å². The van der Waals surface area contributed by atoms with E-state index in [0.29, 0.717) is 18.0 Å². The van der Waals surface area contributed by atoms with Gasteiger partial charge in [-0.1, -0.05) is 11.8 Å². The van der Waals surface area contributed by atoms with Gasteiger partial charge in [0.2, 0.25) is 0 Å². The molecule has 0 radical (unpaired) electrons. The molecule has 8 nitrogen and oxygen atoms in total. The maximum absolute atomic E-state index is 10.1. The standard InChI is InChI=1S/C26H27N5O3/c1-26(2,32)9-6-10-31(20-11-21(33-4)14-22(12-20)34-5)19-7-8-23-24(13-19)29-25(16-27-23)18-15-28-30(3)17-18/h7-8,11-17,32H,10H2,1-5H3. The molecule has 0 saturated heterocycles. The molecule has 0 amide bonds. The predicted octanol–water partition coefficient (Wildman–Crippen LogP) is 3.96. The number of hydrogen-bond donors (Lipinski definition) is 1. The highest BCUT2D eigenvalue weighted by molar-refractivity contribution is 5.83. The van der Waals surface area contributed by atoms with Crippen LogP contribution in [0.3, 0.4) is 0 Å². The second-order valence-corrected chi connectivity index (χ2v) is 8.35. The lowest BCUT2D eigenvalue weighted by molar-refractivity contribution is 0.143. The zero-order valence-corrected chi connectivity index (χ0v) is 19.9. The number of benzene rings is 2. The third kappa shape index (κ3) is 5.27. The molecule has 0 bridgehead atoms. The highest BCUT2D eigenvalue weighted by Crippen LogP contribution is 2.34. The minimum absolute atomic E-state index is 0.335. The summed E-state index contributed by atoms with van der Waals surface area (Å²) in [7, 11) is 5.09. The number of aryl methyl sites for hydroxylation is 1. The Hall–Kier alpha value is -4.09. The van der Waals surface area contributed by atoms with Crippen LogP contribution in [0.1, 0.15) is 13.8 Å². The molecule has 4 rings (SSSR count). The summed E-state index contributed by atoms with van der Waals surface area (Å²) < 4.78 is 12.7. The van der Waals surface area contributed by atoms with E-state index < -0.39 is 5.60 Å². The van der Waals surface area contributed by atoms with Crippen LogP contribution in [-0.4, -0.2) is 51.2 Å². The molecule has 0 aliphatic carbocycles. The van der Waals surface area contributed by atoms with Gasteiger partial charge in [0.05, 0.1) is 49.9 Å². The summed E-state index contributed by atoms with van der Waals surface area (Å²) in [4.78, 5) is 11.4. The van der Waals surface area contributed by atoms with Crippen molar-refractivity contribution in [2.45, 2.75) is 19.4 Å². The third-order valence-electron chi connectivity index (χ3n) is 5.12. The Morgan fingerprint density at radius 2 is 1.74 bits per heavy atom. The van der Waals surface area contributed by atoms with Crippen LogP contribution in [0.5, 0.6) is 11.5 Å². The average molecular weight is 458 g/mol. The molecule has 2 aromatic heterocycles. The fourth-order valence-corrected chi connectivity index (χ4v) is 3.48. The summed E-state index contributed by atoms with van der Waals surface area (Å²) in [6.07, 6.45) is 5.42. The third-order valence-corrected chi connectivity index (χ3v) is 5.12. The molecule has 1 N–H and O–H groups in total. The minimum Gasteiger partial charge on any atom is -0.497 e. The number of aliphatic hydroxyl groups is 1. The van der Waals surface area contributed by atoms with Gasteiger partial charge in [0.25, 0.3) is 0 Å². The van der Waals surface area contributed by atoms with Crippen molar-refractivity contribution in [2.75, 3.05) is 25.7 Å². The van der Waals surface area contributed by atoms with Crippen LogP contribution in [0.2, 0.25) is 0 Å². The molecule has 34 heavy (non-hydrogen) atoms. The number of nitrogens with zero attached hydrogens (tertiary/aromatic N) is 5. The number of anilines is 2. The molecule has 0 unspecified atom stereocenters. The molecule has 174 valence electrons. The maximum Gasteiger partial charge on any atom is 0.124 e. The number of methoxy groups -OCH3 is 2. The number of rotatable bonds is 6. The summed E-state index contributed by atoms with van der Waals surface area (Å²) in [5, 5.41) is 14.3. The van der Waals surface area contributed by atoms with Crippen LogP contribution >= 0.6 is 0 Å². The molecule has 2 heterocycles. The van der Waals surface area contributed by atoms with E-state index in [1.807, 2.05) is 54.5 Å². The van der Waals surface area contributed by atoms with Gasteiger partial charge in [-0.25, -0.2) is 4.98 Å². The summed E-state index contributed by atoms with van der Waals surface area (Å²) in [6.45, 7) is 3.65. The zero-order chi connectivity index (χ0) is 24.3. The van der Waals surface area contributed by atoms with Crippen molar-refractivity contribution in [1.82, 2.24) is 19.7 Å². The van der Waals surface area contributed by atoms with Crippen LogP contribution in [0.4, 0.5) is 11.4 Å². The fourth-order valence-electron chi connectivity index (χ4n) is 3.48. The highest BCUT2D eigenvalue weighted by atomic mass is 16.5. The Morgan fingerprint density at radius 3 is 2.35 bits per heavy atom. The lowest BCUT2D eigenvalue weighted by Gasteiger charge is -2.24. The minimum atomic E-state index is -1.09.